The summed E-state index contributed by atoms with van der Waals surface area (Å²) in [6.45, 7) is 15.0. The zero-order valence-electron chi connectivity index (χ0n) is 15.8. The minimum Gasteiger partial charge on any atom is -0.379 e. The predicted molar refractivity (Wildman–Crippen MR) is 98.0 cm³/mol. The van der Waals surface area contributed by atoms with Crippen LogP contribution in [0.1, 0.15) is 46.0 Å². The van der Waals surface area contributed by atoms with Gasteiger partial charge in [-0.05, 0) is 78.7 Å². The van der Waals surface area contributed by atoms with Crippen molar-refractivity contribution in [3.63, 3.8) is 0 Å². The number of hydrogen-bond acceptors (Lipinski definition) is 4. The number of hydrogen-bond donors (Lipinski definition) is 0. The van der Waals surface area contributed by atoms with Crippen LogP contribution in [-0.4, -0.2) is 86.8 Å². The quantitative estimate of drug-likeness (QED) is 0.794. The smallest absolute Gasteiger partial charge is 0.0594 e. The molecule has 0 aromatic rings. The van der Waals surface area contributed by atoms with Gasteiger partial charge in [-0.25, -0.2) is 0 Å². The Balaban J connectivity index is 1.72. The van der Waals surface area contributed by atoms with E-state index in [-0.39, 0.29) is 0 Å². The first kappa shape index (κ1) is 19.2. The van der Waals surface area contributed by atoms with Crippen molar-refractivity contribution in [2.24, 2.45) is 5.92 Å². The topological polar surface area (TPSA) is 19.0 Å². The van der Waals surface area contributed by atoms with Crippen LogP contribution in [0, 0.1) is 5.92 Å². The lowest BCUT2D eigenvalue weighted by molar-refractivity contribution is 0.0700. The molecule has 0 bridgehead atoms. The average molecular weight is 326 g/mol. The molecule has 4 nitrogen and oxygen atoms in total. The Labute approximate surface area is 144 Å². The van der Waals surface area contributed by atoms with Gasteiger partial charge < -0.3 is 19.4 Å². The Bertz CT molecular complexity index is 289. The Morgan fingerprint density at radius 2 is 1.57 bits per heavy atom. The molecule has 0 unspecified atom stereocenters. The fraction of sp³-hybridized carbons (Fsp3) is 1.00. The molecule has 0 aliphatic carbocycles. The van der Waals surface area contributed by atoms with Gasteiger partial charge in [-0.3, -0.25) is 0 Å². The summed E-state index contributed by atoms with van der Waals surface area (Å²) < 4.78 is 5.85. The molecule has 2 rings (SSSR count). The third-order valence-electron chi connectivity index (χ3n) is 5.58. The second-order valence-corrected chi connectivity index (χ2v) is 7.85. The van der Waals surface area contributed by atoms with Gasteiger partial charge in [-0.15, -0.1) is 0 Å². The van der Waals surface area contributed by atoms with E-state index in [2.05, 4.69) is 35.6 Å². The van der Waals surface area contributed by atoms with E-state index >= 15 is 0 Å². The van der Waals surface area contributed by atoms with Crippen molar-refractivity contribution in [1.29, 1.82) is 0 Å². The summed E-state index contributed by atoms with van der Waals surface area (Å²) >= 11 is 0. The summed E-state index contributed by atoms with van der Waals surface area (Å²) in [6, 6.07) is 0.712. The Morgan fingerprint density at radius 1 is 0.870 bits per heavy atom. The molecule has 23 heavy (non-hydrogen) atoms. The predicted octanol–water partition coefficient (Wildman–Crippen LogP) is 2.54. The van der Waals surface area contributed by atoms with Gasteiger partial charge in [0, 0.05) is 25.7 Å². The molecule has 0 spiro atoms. The second-order valence-electron chi connectivity index (χ2n) is 7.85. The van der Waals surface area contributed by atoms with Crippen molar-refractivity contribution >= 4 is 0 Å². The monoisotopic (exact) mass is 325 g/mol. The molecular formula is C19H39N3O. The molecule has 0 amide bonds. The third-order valence-corrected chi connectivity index (χ3v) is 5.58. The van der Waals surface area contributed by atoms with Gasteiger partial charge in [0.15, 0.2) is 0 Å². The summed E-state index contributed by atoms with van der Waals surface area (Å²) in [6.07, 6.45) is 6.80. The zero-order chi connectivity index (χ0) is 16.5. The number of rotatable bonds is 3. The molecule has 0 N–H and O–H groups in total. The van der Waals surface area contributed by atoms with Crippen LogP contribution in [0.3, 0.4) is 0 Å². The van der Waals surface area contributed by atoms with Crippen LogP contribution in [0.2, 0.25) is 0 Å². The van der Waals surface area contributed by atoms with Gasteiger partial charge in [-0.2, -0.15) is 0 Å². The number of piperidine rings is 1. The molecule has 0 aromatic carbocycles. The maximum atomic E-state index is 5.85. The van der Waals surface area contributed by atoms with Gasteiger partial charge in [0.1, 0.15) is 0 Å². The van der Waals surface area contributed by atoms with Crippen molar-refractivity contribution < 1.29 is 4.74 Å². The van der Waals surface area contributed by atoms with Gasteiger partial charge in [0.2, 0.25) is 0 Å². The maximum absolute atomic E-state index is 5.85. The van der Waals surface area contributed by atoms with Crippen LogP contribution >= 0.6 is 0 Å². The van der Waals surface area contributed by atoms with Crippen molar-refractivity contribution in [2.75, 3.05) is 66.1 Å². The highest BCUT2D eigenvalue weighted by Crippen LogP contribution is 2.20. The van der Waals surface area contributed by atoms with Gasteiger partial charge in [0.05, 0.1) is 13.2 Å². The van der Waals surface area contributed by atoms with Crippen LogP contribution in [0.15, 0.2) is 0 Å². The van der Waals surface area contributed by atoms with Crippen LogP contribution in [0.25, 0.3) is 0 Å². The standard InChI is InChI=1S/C19H39N3O/c1-18(2)22-11-7-19(8-12-22)17-21-10-6-4-5-9-20(3)13-15-23-16-14-21/h18-19H,4-17H2,1-3H3. The SMILES string of the molecule is CC(C)N1CCC(CN2CCCCCN(C)CCOCC2)CC1. The van der Waals surface area contributed by atoms with Crippen molar-refractivity contribution in [3.05, 3.63) is 0 Å². The van der Waals surface area contributed by atoms with E-state index in [4.69, 9.17) is 4.74 Å². The molecule has 0 aromatic heterocycles. The molecule has 2 aliphatic rings. The van der Waals surface area contributed by atoms with Gasteiger partial charge in [-0.1, -0.05) is 6.42 Å². The fourth-order valence-electron chi connectivity index (χ4n) is 3.83. The van der Waals surface area contributed by atoms with Crippen LogP contribution in [0.5, 0.6) is 0 Å². The molecule has 2 fully saturated rings. The first-order chi connectivity index (χ1) is 11.1. The molecule has 2 aliphatic heterocycles. The number of likely N-dealkylation sites (tertiary alicyclic amines) is 1. The average Bonchev–Trinajstić information content (AvgIpc) is 2.53. The fourth-order valence-corrected chi connectivity index (χ4v) is 3.83. The number of likely N-dealkylation sites (N-methyl/N-ethyl adjacent to an activating group) is 1. The Hall–Kier alpha value is -0.160. The summed E-state index contributed by atoms with van der Waals surface area (Å²) in [5, 5.41) is 0. The molecule has 2 heterocycles. The van der Waals surface area contributed by atoms with E-state index < -0.39 is 0 Å². The van der Waals surface area contributed by atoms with E-state index in [1.165, 1.54) is 64.8 Å². The zero-order valence-corrected chi connectivity index (χ0v) is 15.8. The molecule has 0 atom stereocenters. The molecule has 2 saturated heterocycles. The largest absolute Gasteiger partial charge is 0.379 e. The van der Waals surface area contributed by atoms with E-state index in [1.54, 1.807) is 0 Å². The highest BCUT2D eigenvalue weighted by molar-refractivity contribution is 4.77. The highest BCUT2D eigenvalue weighted by atomic mass is 16.5. The highest BCUT2D eigenvalue weighted by Gasteiger charge is 2.22. The van der Waals surface area contributed by atoms with E-state index in [0.717, 1.165) is 32.2 Å². The maximum Gasteiger partial charge on any atom is 0.0594 e. The summed E-state index contributed by atoms with van der Waals surface area (Å²) in [7, 11) is 2.21. The van der Waals surface area contributed by atoms with Gasteiger partial charge >= 0.3 is 0 Å². The van der Waals surface area contributed by atoms with Crippen molar-refractivity contribution in [2.45, 2.75) is 52.0 Å². The van der Waals surface area contributed by atoms with Gasteiger partial charge in [0.25, 0.3) is 0 Å². The molecule has 0 saturated carbocycles. The molecular weight excluding hydrogens is 286 g/mol. The van der Waals surface area contributed by atoms with Crippen LogP contribution < -0.4 is 0 Å². The number of ether oxygens (including phenoxy) is 1. The Kier molecular flexibility index (Phi) is 8.88. The summed E-state index contributed by atoms with van der Waals surface area (Å²) in [4.78, 5) is 7.72. The lowest BCUT2D eigenvalue weighted by atomic mass is 9.95. The van der Waals surface area contributed by atoms with Crippen LogP contribution in [0.4, 0.5) is 0 Å². The normalized spacial score (nSPS) is 26.1. The first-order valence-corrected chi connectivity index (χ1v) is 9.88. The van der Waals surface area contributed by atoms with Crippen molar-refractivity contribution in [3.8, 4) is 0 Å². The third kappa shape index (κ3) is 7.51. The lowest BCUT2D eigenvalue weighted by Gasteiger charge is -2.37. The minimum absolute atomic E-state index is 0.712. The summed E-state index contributed by atoms with van der Waals surface area (Å²) in [5.74, 6) is 0.893. The number of nitrogens with zero attached hydrogens (tertiary/aromatic N) is 3. The first-order valence-electron chi connectivity index (χ1n) is 9.88. The minimum atomic E-state index is 0.712. The second kappa shape index (κ2) is 10.7. The molecule has 136 valence electrons. The van der Waals surface area contributed by atoms with Crippen LogP contribution in [-0.2, 0) is 4.74 Å². The molecule has 0 radical (unpaired) electrons. The van der Waals surface area contributed by atoms with E-state index in [1.807, 2.05) is 0 Å². The van der Waals surface area contributed by atoms with Crippen molar-refractivity contribution in [1.82, 2.24) is 14.7 Å². The van der Waals surface area contributed by atoms with E-state index in [9.17, 15) is 0 Å². The molecule has 4 heteroatoms. The lowest BCUT2D eigenvalue weighted by Crippen LogP contribution is -2.42. The Morgan fingerprint density at radius 3 is 2.30 bits per heavy atom. The summed E-state index contributed by atoms with van der Waals surface area (Å²) in [5.41, 5.74) is 0. The van der Waals surface area contributed by atoms with E-state index in [0.29, 0.717) is 6.04 Å².